The molecule has 1 aromatic carbocycles. The van der Waals surface area contributed by atoms with E-state index in [1.807, 2.05) is 0 Å². The predicted molar refractivity (Wildman–Crippen MR) is 61.5 cm³/mol. The highest BCUT2D eigenvalue weighted by atomic mass is 32.2. The Hall–Kier alpha value is -1.08. The van der Waals surface area contributed by atoms with Gasteiger partial charge in [-0.2, -0.15) is 0 Å². The fourth-order valence-electron chi connectivity index (χ4n) is 1.08. The van der Waals surface area contributed by atoms with E-state index in [1.54, 1.807) is 0 Å². The normalized spacial score (nSPS) is 12.6. The van der Waals surface area contributed by atoms with Crippen LogP contribution < -0.4 is 5.73 Å². The summed E-state index contributed by atoms with van der Waals surface area (Å²) in [7, 11) is -8.18. The van der Waals surface area contributed by atoms with Gasteiger partial charge in [0.25, 0.3) is 0 Å². The zero-order chi connectivity index (χ0) is 13.3. The Balaban J connectivity index is 2.98. The number of nitrogen functional groups attached to an aromatic ring is 1. The van der Waals surface area contributed by atoms with E-state index in [0.29, 0.717) is 0 Å². The van der Waals surface area contributed by atoms with Crippen LogP contribution in [0, 0.1) is 0 Å². The van der Waals surface area contributed by atoms with Crippen LogP contribution in [0.1, 0.15) is 0 Å². The number of anilines is 1. The van der Waals surface area contributed by atoms with E-state index in [0.717, 1.165) is 18.2 Å². The molecule has 0 aliphatic heterocycles. The van der Waals surface area contributed by atoms with E-state index < -0.39 is 29.3 Å². The summed E-state index contributed by atoms with van der Waals surface area (Å²) in [5, 5.41) is 9.12. The third-order valence-electron chi connectivity index (χ3n) is 2.01. The summed E-state index contributed by atoms with van der Waals surface area (Å²) in [5.41, 5.74) is 5.22. The summed E-state index contributed by atoms with van der Waals surface area (Å²) in [4.78, 5) is 17.0. The molecule has 17 heavy (non-hydrogen) atoms. The van der Waals surface area contributed by atoms with Crippen molar-refractivity contribution < 1.29 is 27.9 Å². The first-order valence-corrected chi connectivity index (χ1v) is 7.93. The molecular formula is C8H12NO6PS. The Morgan fingerprint density at radius 1 is 1.29 bits per heavy atom. The number of benzene rings is 1. The molecule has 0 unspecified atom stereocenters. The molecule has 1 rings (SSSR count). The number of nitrogens with two attached hydrogens (primary N) is 1. The first-order valence-electron chi connectivity index (χ1n) is 4.48. The highest BCUT2D eigenvalue weighted by Crippen LogP contribution is 2.35. The van der Waals surface area contributed by atoms with Crippen LogP contribution in [-0.4, -0.2) is 35.2 Å². The van der Waals surface area contributed by atoms with Crippen molar-refractivity contribution in [2.45, 2.75) is 4.90 Å². The minimum atomic E-state index is -4.36. The molecule has 0 saturated carbocycles. The Bertz CT molecular complexity index is 563. The third-order valence-corrected chi connectivity index (χ3v) is 4.83. The van der Waals surface area contributed by atoms with Crippen molar-refractivity contribution in [2.24, 2.45) is 0 Å². The molecule has 1 aromatic rings. The predicted octanol–water partition coefficient (Wildman–Crippen LogP) is -0.0742. The van der Waals surface area contributed by atoms with Gasteiger partial charge in [-0.1, -0.05) is 0 Å². The van der Waals surface area contributed by atoms with E-state index in [-0.39, 0.29) is 16.3 Å². The second kappa shape index (κ2) is 4.66. The lowest BCUT2D eigenvalue weighted by molar-refractivity contribution is 0.374. The largest absolute Gasteiger partial charge is 0.506 e. The van der Waals surface area contributed by atoms with E-state index >= 15 is 0 Å². The Morgan fingerprint density at radius 3 is 2.35 bits per heavy atom. The van der Waals surface area contributed by atoms with Gasteiger partial charge in [0.2, 0.25) is 0 Å². The average molecular weight is 281 g/mol. The molecule has 0 aliphatic rings. The van der Waals surface area contributed by atoms with Gasteiger partial charge < -0.3 is 20.6 Å². The molecule has 96 valence electrons. The molecule has 0 bridgehead atoms. The van der Waals surface area contributed by atoms with Crippen LogP contribution in [0.3, 0.4) is 0 Å². The van der Waals surface area contributed by atoms with Crippen LogP contribution in [0.4, 0.5) is 5.69 Å². The monoisotopic (exact) mass is 281 g/mol. The van der Waals surface area contributed by atoms with Crippen molar-refractivity contribution in [2.75, 3.05) is 17.6 Å². The molecule has 0 heterocycles. The maximum absolute atomic E-state index is 11.7. The zero-order valence-electron chi connectivity index (χ0n) is 8.65. The lowest BCUT2D eigenvalue weighted by atomic mass is 10.3. The lowest BCUT2D eigenvalue weighted by Crippen LogP contribution is -2.11. The summed E-state index contributed by atoms with van der Waals surface area (Å²) in [5.74, 6) is -0.930. The Labute approximate surface area is 98.0 Å². The summed E-state index contributed by atoms with van der Waals surface area (Å²) in [6.07, 6.45) is -0.754. The quantitative estimate of drug-likeness (QED) is 0.344. The summed E-state index contributed by atoms with van der Waals surface area (Å²) in [6.45, 7) is 0. The molecule has 7 nitrogen and oxygen atoms in total. The van der Waals surface area contributed by atoms with Gasteiger partial charge in [-0.25, -0.2) is 8.42 Å². The van der Waals surface area contributed by atoms with Gasteiger partial charge in [0, 0.05) is 0 Å². The van der Waals surface area contributed by atoms with Crippen LogP contribution in [-0.2, 0) is 14.4 Å². The minimum absolute atomic E-state index is 0.109. The van der Waals surface area contributed by atoms with Crippen LogP contribution in [0.5, 0.6) is 5.75 Å². The molecule has 0 aliphatic carbocycles. The van der Waals surface area contributed by atoms with Crippen molar-refractivity contribution in [3.8, 4) is 5.75 Å². The van der Waals surface area contributed by atoms with Crippen LogP contribution >= 0.6 is 7.60 Å². The first kappa shape index (κ1) is 14.0. The van der Waals surface area contributed by atoms with Gasteiger partial charge in [-0.3, -0.25) is 4.57 Å². The topological polar surface area (TPSA) is 138 Å². The van der Waals surface area contributed by atoms with Crippen molar-refractivity contribution in [3.05, 3.63) is 18.2 Å². The third kappa shape index (κ3) is 4.01. The molecular weight excluding hydrogens is 269 g/mol. The standard InChI is InChI=1S/C8H12NO6PS/c9-7-5-6(1-2-8(7)10)17(14,15)4-3-16(11,12)13/h1-2,5,10H,3-4,9H2,(H2,11,12,13). The number of sulfone groups is 1. The first-order chi connectivity index (χ1) is 7.62. The van der Waals surface area contributed by atoms with Crippen molar-refractivity contribution in [3.63, 3.8) is 0 Å². The zero-order valence-corrected chi connectivity index (χ0v) is 10.4. The second-order valence-corrected chi connectivity index (χ2v) is 7.31. The fraction of sp³-hybridized carbons (Fsp3) is 0.250. The number of phenolic OH excluding ortho intramolecular Hbond substituents is 1. The molecule has 0 spiro atoms. The number of rotatable bonds is 4. The van der Waals surface area contributed by atoms with Crippen LogP contribution in [0.25, 0.3) is 0 Å². The highest BCUT2D eigenvalue weighted by molar-refractivity contribution is 7.91. The van der Waals surface area contributed by atoms with Gasteiger partial charge >= 0.3 is 7.60 Å². The Morgan fingerprint density at radius 2 is 1.88 bits per heavy atom. The molecule has 5 N–H and O–H groups in total. The van der Waals surface area contributed by atoms with E-state index in [2.05, 4.69) is 0 Å². The van der Waals surface area contributed by atoms with E-state index in [4.69, 9.17) is 20.6 Å². The lowest BCUT2D eigenvalue weighted by Gasteiger charge is -2.07. The van der Waals surface area contributed by atoms with E-state index in [1.165, 1.54) is 0 Å². The van der Waals surface area contributed by atoms with E-state index in [9.17, 15) is 13.0 Å². The van der Waals surface area contributed by atoms with Gasteiger partial charge in [0.05, 0.1) is 22.5 Å². The number of hydrogen-bond donors (Lipinski definition) is 4. The molecule has 0 fully saturated rings. The van der Waals surface area contributed by atoms with Crippen LogP contribution in [0.15, 0.2) is 23.1 Å². The molecule has 0 radical (unpaired) electrons. The van der Waals surface area contributed by atoms with Gasteiger partial charge in [-0.15, -0.1) is 0 Å². The number of hydrogen-bond acceptors (Lipinski definition) is 5. The SMILES string of the molecule is Nc1cc(S(=O)(=O)CCP(=O)(O)O)ccc1O. The number of aromatic hydroxyl groups is 1. The minimum Gasteiger partial charge on any atom is -0.506 e. The highest BCUT2D eigenvalue weighted by Gasteiger charge is 2.21. The van der Waals surface area contributed by atoms with Crippen LogP contribution in [0.2, 0.25) is 0 Å². The number of phenols is 1. The fourth-order valence-corrected chi connectivity index (χ4v) is 3.81. The molecule has 9 heteroatoms. The molecule has 0 aromatic heterocycles. The van der Waals surface area contributed by atoms with Gasteiger partial charge in [0.1, 0.15) is 5.75 Å². The summed E-state index contributed by atoms with van der Waals surface area (Å²) < 4.78 is 33.9. The molecule has 0 atom stereocenters. The van der Waals surface area contributed by atoms with Gasteiger partial charge in [0.15, 0.2) is 9.84 Å². The maximum atomic E-state index is 11.7. The summed E-state index contributed by atoms with van der Waals surface area (Å²) in [6, 6.07) is 3.28. The second-order valence-electron chi connectivity index (χ2n) is 3.43. The average Bonchev–Trinajstić information content (AvgIpc) is 2.18. The maximum Gasteiger partial charge on any atom is 0.326 e. The van der Waals surface area contributed by atoms with Crippen molar-refractivity contribution in [1.29, 1.82) is 0 Å². The summed E-state index contributed by atoms with van der Waals surface area (Å²) >= 11 is 0. The van der Waals surface area contributed by atoms with Crippen molar-refractivity contribution in [1.82, 2.24) is 0 Å². The van der Waals surface area contributed by atoms with Gasteiger partial charge in [-0.05, 0) is 18.2 Å². The molecule has 0 saturated heterocycles. The van der Waals surface area contributed by atoms with Crippen molar-refractivity contribution >= 4 is 23.1 Å². The Kier molecular flexibility index (Phi) is 3.83. The molecule has 0 amide bonds. The smallest absolute Gasteiger partial charge is 0.326 e.